The molecule has 0 bridgehead atoms. The van der Waals surface area contributed by atoms with Gasteiger partial charge in [-0.2, -0.15) is 13.2 Å². The maximum Gasteiger partial charge on any atom is 0.433 e. The van der Waals surface area contributed by atoms with Crippen LogP contribution in [0, 0.1) is 0 Å². The third-order valence-electron chi connectivity index (χ3n) is 3.90. The molecule has 1 aromatic rings. The van der Waals surface area contributed by atoms with Crippen molar-refractivity contribution in [3.63, 3.8) is 0 Å². The molecule has 0 spiro atoms. The number of aromatic nitrogens is 2. The van der Waals surface area contributed by atoms with Crippen LogP contribution in [-0.4, -0.2) is 17.1 Å². The number of alkyl halides is 3. The molecule has 2 heterocycles. The van der Waals surface area contributed by atoms with Crippen molar-refractivity contribution in [2.75, 3.05) is 7.11 Å². The summed E-state index contributed by atoms with van der Waals surface area (Å²) in [5.74, 6) is 0.125. The molecular formula is C13H18F3N3O. The summed E-state index contributed by atoms with van der Waals surface area (Å²) in [5.41, 5.74) is -1.13. The second-order valence-electron chi connectivity index (χ2n) is 4.83. The second-order valence-corrected chi connectivity index (χ2v) is 4.83. The normalized spacial score (nSPS) is 15.5. The quantitative estimate of drug-likeness (QED) is 0.926. The Morgan fingerprint density at radius 3 is 2.30 bits per heavy atom. The van der Waals surface area contributed by atoms with Gasteiger partial charge in [0.05, 0.1) is 5.69 Å². The molecule has 0 aromatic carbocycles. The number of ether oxygens (including phenoxy) is 1. The number of nitrogens with one attached hydrogen (secondary N) is 1. The van der Waals surface area contributed by atoms with Crippen molar-refractivity contribution in [3.05, 3.63) is 22.8 Å². The fourth-order valence-electron chi connectivity index (χ4n) is 2.55. The lowest BCUT2D eigenvalue weighted by Gasteiger charge is -2.29. The van der Waals surface area contributed by atoms with Gasteiger partial charge in [0.25, 0.3) is 0 Å². The molecule has 4 nitrogen and oxygen atoms in total. The first-order chi connectivity index (χ1) is 9.38. The van der Waals surface area contributed by atoms with Gasteiger partial charge in [0.2, 0.25) is 0 Å². The molecule has 0 atom stereocenters. The first kappa shape index (κ1) is 15.2. The Kier molecular flexibility index (Phi) is 4.02. The lowest BCUT2D eigenvalue weighted by Crippen LogP contribution is -2.31. The molecule has 1 N–H and O–H groups in total. The topological polar surface area (TPSA) is 47.0 Å². The Bertz CT molecular complexity index is 490. The van der Waals surface area contributed by atoms with E-state index in [0.29, 0.717) is 25.1 Å². The lowest BCUT2D eigenvalue weighted by atomic mass is 9.95. The fraction of sp³-hybridized carbons (Fsp3) is 0.692. The summed E-state index contributed by atoms with van der Waals surface area (Å²) in [5, 5.41) is 2.89. The fourth-order valence-corrected chi connectivity index (χ4v) is 2.55. The number of halogens is 3. The van der Waals surface area contributed by atoms with Crippen molar-refractivity contribution >= 4 is 0 Å². The van der Waals surface area contributed by atoms with E-state index in [-0.39, 0.29) is 17.9 Å². The van der Waals surface area contributed by atoms with E-state index in [9.17, 15) is 13.2 Å². The highest BCUT2D eigenvalue weighted by molar-refractivity contribution is 5.32. The first-order valence-corrected chi connectivity index (χ1v) is 6.61. The van der Waals surface area contributed by atoms with Gasteiger partial charge in [-0.1, -0.05) is 13.8 Å². The van der Waals surface area contributed by atoms with Crippen LogP contribution in [0.5, 0.6) is 0 Å². The molecule has 0 fully saturated rings. The van der Waals surface area contributed by atoms with E-state index in [1.807, 2.05) is 13.8 Å². The smallest absolute Gasteiger partial charge is 0.370 e. The van der Waals surface area contributed by atoms with Gasteiger partial charge in [-0.05, 0) is 12.8 Å². The highest BCUT2D eigenvalue weighted by Gasteiger charge is 2.41. The number of fused-ring (bicyclic) bond motifs is 1. The molecule has 2 rings (SSSR count). The predicted molar refractivity (Wildman–Crippen MR) is 66.8 cm³/mol. The summed E-state index contributed by atoms with van der Waals surface area (Å²) in [6.07, 6.45) is -3.44. The predicted octanol–water partition coefficient (Wildman–Crippen LogP) is 2.76. The summed E-state index contributed by atoms with van der Waals surface area (Å²) in [4.78, 5) is 8.11. The molecule has 1 aliphatic heterocycles. The minimum Gasteiger partial charge on any atom is -0.370 e. The van der Waals surface area contributed by atoms with Gasteiger partial charge in [0.15, 0.2) is 11.5 Å². The molecule has 1 aromatic heterocycles. The van der Waals surface area contributed by atoms with Gasteiger partial charge < -0.3 is 10.1 Å². The number of hydrogen-bond donors (Lipinski definition) is 1. The average molecular weight is 289 g/mol. The summed E-state index contributed by atoms with van der Waals surface area (Å²) < 4.78 is 44.9. The summed E-state index contributed by atoms with van der Waals surface area (Å²) >= 11 is 0. The Labute approximate surface area is 115 Å². The van der Waals surface area contributed by atoms with E-state index in [4.69, 9.17) is 4.74 Å². The van der Waals surface area contributed by atoms with Crippen LogP contribution in [0.3, 0.4) is 0 Å². The summed E-state index contributed by atoms with van der Waals surface area (Å²) in [6, 6.07) is 0. The molecule has 0 amide bonds. The zero-order chi connectivity index (χ0) is 15.0. The van der Waals surface area contributed by atoms with Gasteiger partial charge in [0.1, 0.15) is 5.60 Å². The third kappa shape index (κ3) is 2.40. The number of nitrogens with zero attached hydrogens (tertiary/aromatic N) is 2. The molecule has 0 aliphatic carbocycles. The van der Waals surface area contributed by atoms with Gasteiger partial charge >= 0.3 is 6.18 Å². The van der Waals surface area contributed by atoms with Crippen LogP contribution >= 0.6 is 0 Å². The molecule has 7 heteroatoms. The minimum atomic E-state index is -4.48. The van der Waals surface area contributed by atoms with Crippen LogP contribution in [0.4, 0.5) is 13.2 Å². The molecule has 0 saturated heterocycles. The van der Waals surface area contributed by atoms with E-state index in [0.717, 1.165) is 0 Å². The van der Waals surface area contributed by atoms with Crippen LogP contribution in [0.25, 0.3) is 0 Å². The number of rotatable bonds is 4. The van der Waals surface area contributed by atoms with Crippen molar-refractivity contribution in [3.8, 4) is 0 Å². The van der Waals surface area contributed by atoms with Crippen LogP contribution < -0.4 is 5.32 Å². The van der Waals surface area contributed by atoms with Gasteiger partial charge in [-0.25, -0.2) is 9.97 Å². The Morgan fingerprint density at radius 2 is 1.80 bits per heavy atom. The largest absolute Gasteiger partial charge is 0.433 e. The number of methoxy groups -OCH3 is 1. The van der Waals surface area contributed by atoms with Gasteiger partial charge in [-0.15, -0.1) is 0 Å². The van der Waals surface area contributed by atoms with Crippen molar-refractivity contribution in [1.82, 2.24) is 15.3 Å². The molecule has 0 radical (unpaired) electrons. The Morgan fingerprint density at radius 1 is 1.15 bits per heavy atom. The van der Waals surface area contributed by atoms with Crippen LogP contribution in [0.1, 0.15) is 49.5 Å². The summed E-state index contributed by atoms with van der Waals surface area (Å²) in [7, 11) is 1.48. The molecular weight excluding hydrogens is 271 g/mol. The Hall–Kier alpha value is -1.21. The zero-order valence-corrected chi connectivity index (χ0v) is 11.8. The highest BCUT2D eigenvalue weighted by Crippen LogP contribution is 2.37. The second kappa shape index (κ2) is 5.29. The van der Waals surface area contributed by atoms with Crippen molar-refractivity contribution < 1.29 is 17.9 Å². The van der Waals surface area contributed by atoms with E-state index in [2.05, 4.69) is 15.3 Å². The minimum absolute atomic E-state index is 0.125. The Balaban J connectivity index is 2.62. The maximum atomic E-state index is 13.2. The molecule has 20 heavy (non-hydrogen) atoms. The van der Waals surface area contributed by atoms with Crippen LogP contribution in [-0.2, 0) is 29.6 Å². The number of hydrogen-bond acceptors (Lipinski definition) is 4. The van der Waals surface area contributed by atoms with Gasteiger partial charge in [0, 0.05) is 25.8 Å². The van der Waals surface area contributed by atoms with Crippen LogP contribution in [0.2, 0.25) is 0 Å². The van der Waals surface area contributed by atoms with Crippen LogP contribution in [0.15, 0.2) is 0 Å². The molecule has 0 unspecified atom stereocenters. The standard InChI is InChI=1S/C13H18F3N3O/c1-4-12(5-2,20-3)11-18-9-7-17-6-8(9)10(19-11)13(14,15)16/h17H,4-7H2,1-3H3. The summed E-state index contributed by atoms with van der Waals surface area (Å²) in [6.45, 7) is 4.20. The zero-order valence-electron chi connectivity index (χ0n) is 11.8. The van der Waals surface area contributed by atoms with E-state index in [1.165, 1.54) is 7.11 Å². The highest BCUT2D eigenvalue weighted by atomic mass is 19.4. The third-order valence-corrected chi connectivity index (χ3v) is 3.90. The average Bonchev–Trinajstić information content (AvgIpc) is 2.87. The maximum absolute atomic E-state index is 13.2. The van der Waals surface area contributed by atoms with Crippen molar-refractivity contribution in [2.45, 2.75) is 51.6 Å². The monoisotopic (exact) mass is 289 g/mol. The van der Waals surface area contributed by atoms with E-state index in [1.54, 1.807) is 0 Å². The van der Waals surface area contributed by atoms with Crippen molar-refractivity contribution in [1.29, 1.82) is 0 Å². The van der Waals surface area contributed by atoms with E-state index >= 15 is 0 Å². The SMILES string of the molecule is CCC(CC)(OC)c1nc2c(c(C(F)(F)F)n1)CNC2. The molecule has 112 valence electrons. The van der Waals surface area contributed by atoms with E-state index < -0.39 is 17.5 Å². The van der Waals surface area contributed by atoms with Gasteiger partial charge in [-0.3, -0.25) is 0 Å². The first-order valence-electron chi connectivity index (χ1n) is 6.61. The molecule has 0 saturated carbocycles. The molecule has 1 aliphatic rings. The van der Waals surface area contributed by atoms with Crippen molar-refractivity contribution in [2.24, 2.45) is 0 Å². The lowest BCUT2D eigenvalue weighted by molar-refractivity contribution is -0.142.